The number of rotatable bonds is 11. The molecule has 0 unspecified atom stereocenters. The Morgan fingerprint density at radius 3 is 2.35 bits per heavy atom. The highest BCUT2D eigenvalue weighted by atomic mass is 32.2. The van der Waals surface area contributed by atoms with Crippen molar-refractivity contribution < 1.29 is 22.7 Å². The first-order valence-electron chi connectivity index (χ1n) is 11.5. The van der Waals surface area contributed by atoms with E-state index in [-0.39, 0.29) is 17.4 Å². The molecule has 2 aromatic rings. The van der Waals surface area contributed by atoms with Crippen LogP contribution in [0.1, 0.15) is 41.6 Å². The van der Waals surface area contributed by atoms with Crippen LogP contribution in [0.15, 0.2) is 54.6 Å². The van der Waals surface area contributed by atoms with Crippen molar-refractivity contribution in [3.63, 3.8) is 0 Å². The third-order valence-electron chi connectivity index (χ3n) is 6.60. The Hall–Kier alpha value is -2.46. The van der Waals surface area contributed by atoms with Crippen molar-refractivity contribution in [2.45, 2.75) is 37.1 Å². The number of nitrogens with one attached hydrogen (secondary N) is 2. The fourth-order valence-corrected chi connectivity index (χ4v) is 5.62. The van der Waals surface area contributed by atoms with Crippen molar-refractivity contribution in [3.05, 3.63) is 65.7 Å². The molecule has 1 amide bonds. The van der Waals surface area contributed by atoms with E-state index in [0.29, 0.717) is 43.9 Å². The van der Waals surface area contributed by atoms with E-state index >= 15 is 0 Å². The molecule has 1 aliphatic carbocycles. The molecule has 8 nitrogen and oxygen atoms in total. The molecule has 0 bridgehead atoms. The first kappa shape index (κ1) is 26.2. The number of likely N-dealkylation sites (N-methyl/N-ethyl adjacent to an activating group) is 1. The van der Waals surface area contributed by atoms with Gasteiger partial charge in [0.2, 0.25) is 0 Å². The van der Waals surface area contributed by atoms with Crippen molar-refractivity contribution in [2.24, 2.45) is 0 Å². The van der Waals surface area contributed by atoms with Gasteiger partial charge in [0.25, 0.3) is 16.1 Å². The second-order valence-corrected chi connectivity index (χ2v) is 10.5. The van der Waals surface area contributed by atoms with E-state index in [9.17, 15) is 13.2 Å². The summed E-state index contributed by atoms with van der Waals surface area (Å²) in [6, 6.07) is 17.1. The molecule has 3 rings (SSSR count). The monoisotopic (exact) mass is 489 g/mol. The van der Waals surface area contributed by atoms with Gasteiger partial charge in [0.1, 0.15) is 5.75 Å². The van der Waals surface area contributed by atoms with Crippen molar-refractivity contribution in [2.75, 3.05) is 41.0 Å². The lowest BCUT2D eigenvalue weighted by Gasteiger charge is -2.41. The zero-order valence-electron chi connectivity index (χ0n) is 20.1. The average Bonchev–Trinajstić information content (AvgIpc) is 2.87. The minimum atomic E-state index is -3.58. The van der Waals surface area contributed by atoms with Gasteiger partial charge in [-0.1, -0.05) is 42.5 Å². The minimum Gasteiger partial charge on any atom is -0.496 e. The van der Waals surface area contributed by atoms with Crippen LogP contribution >= 0.6 is 0 Å². The maximum atomic E-state index is 13.0. The van der Waals surface area contributed by atoms with Gasteiger partial charge >= 0.3 is 0 Å². The highest BCUT2D eigenvalue weighted by molar-refractivity contribution is 7.87. The van der Waals surface area contributed by atoms with Gasteiger partial charge in [-0.3, -0.25) is 4.79 Å². The number of para-hydroxylation sites is 1. The second kappa shape index (κ2) is 11.8. The van der Waals surface area contributed by atoms with Crippen LogP contribution < -0.4 is 14.8 Å². The van der Waals surface area contributed by atoms with Crippen LogP contribution in [0.25, 0.3) is 0 Å². The number of benzene rings is 2. The van der Waals surface area contributed by atoms with Gasteiger partial charge in [0.05, 0.1) is 19.3 Å². The number of nitrogens with zero attached hydrogens (tertiary/aromatic N) is 1. The largest absolute Gasteiger partial charge is 0.496 e. The lowest BCUT2D eigenvalue weighted by molar-refractivity contribution is 0.0932. The number of carbonyl (C=O) groups excluding carboxylic acids is 1. The Balaban J connectivity index is 1.70. The van der Waals surface area contributed by atoms with Crippen LogP contribution in [0.4, 0.5) is 0 Å². The summed E-state index contributed by atoms with van der Waals surface area (Å²) in [4.78, 5) is 13.0. The summed E-state index contributed by atoms with van der Waals surface area (Å²) in [7, 11) is 1.06. The molecule has 0 aromatic heterocycles. The van der Waals surface area contributed by atoms with Crippen molar-refractivity contribution in [1.29, 1.82) is 0 Å². The molecule has 1 saturated carbocycles. The fraction of sp³-hybridized carbons (Fsp3) is 0.480. The van der Waals surface area contributed by atoms with Crippen LogP contribution in [0.3, 0.4) is 0 Å². The summed E-state index contributed by atoms with van der Waals surface area (Å²) in [5.41, 5.74) is 1.37. The molecule has 1 fully saturated rings. The molecule has 9 heteroatoms. The summed E-state index contributed by atoms with van der Waals surface area (Å²) in [6.07, 6.45) is 2.85. The van der Waals surface area contributed by atoms with Crippen molar-refractivity contribution in [1.82, 2.24) is 14.3 Å². The lowest BCUT2D eigenvalue weighted by atomic mass is 9.68. The highest BCUT2D eigenvalue weighted by Crippen LogP contribution is 2.39. The maximum absolute atomic E-state index is 13.0. The average molecular weight is 490 g/mol. The highest BCUT2D eigenvalue weighted by Gasteiger charge is 2.38. The quantitative estimate of drug-likeness (QED) is 0.506. The maximum Gasteiger partial charge on any atom is 0.279 e. The van der Waals surface area contributed by atoms with E-state index < -0.39 is 10.2 Å². The number of ether oxygens (including phenoxy) is 2. The molecule has 0 atom stereocenters. The third kappa shape index (κ3) is 6.35. The first-order valence-corrected chi connectivity index (χ1v) is 12.9. The van der Waals surface area contributed by atoms with E-state index in [1.165, 1.54) is 4.31 Å². The predicted molar refractivity (Wildman–Crippen MR) is 132 cm³/mol. The van der Waals surface area contributed by atoms with E-state index in [1.807, 2.05) is 30.3 Å². The molecular weight excluding hydrogens is 454 g/mol. The van der Waals surface area contributed by atoms with Gasteiger partial charge in [-0.15, -0.1) is 0 Å². The minimum absolute atomic E-state index is 0.156. The fourth-order valence-electron chi connectivity index (χ4n) is 4.46. The van der Waals surface area contributed by atoms with Crippen molar-refractivity contribution >= 4 is 16.1 Å². The van der Waals surface area contributed by atoms with Gasteiger partial charge in [0.15, 0.2) is 0 Å². The molecule has 186 valence electrons. The Morgan fingerprint density at radius 1 is 1.06 bits per heavy atom. The van der Waals surface area contributed by atoms with Crippen molar-refractivity contribution in [3.8, 4) is 5.75 Å². The zero-order chi connectivity index (χ0) is 24.6. The summed E-state index contributed by atoms with van der Waals surface area (Å²) < 4.78 is 39.8. The zero-order valence-corrected chi connectivity index (χ0v) is 20.9. The Labute approximate surface area is 202 Å². The van der Waals surface area contributed by atoms with Crippen LogP contribution in [0.5, 0.6) is 5.75 Å². The summed E-state index contributed by atoms with van der Waals surface area (Å²) in [6.45, 7) is 1.09. The van der Waals surface area contributed by atoms with Crippen LogP contribution in [0, 0.1) is 0 Å². The topological polar surface area (TPSA) is 97.0 Å². The molecule has 2 N–H and O–H groups in total. The van der Waals surface area contributed by atoms with Crippen LogP contribution in [-0.2, 0) is 20.4 Å². The normalized spacial score (nSPS) is 20.8. The summed E-state index contributed by atoms with van der Waals surface area (Å²) in [5, 5.41) is 3.11. The molecule has 0 radical (unpaired) electrons. The number of hydrogen-bond acceptors (Lipinski definition) is 5. The number of carbonyl (C=O) groups is 1. The predicted octanol–water partition coefficient (Wildman–Crippen LogP) is 2.72. The van der Waals surface area contributed by atoms with E-state index in [1.54, 1.807) is 33.4 Å². The van der Waals surface area contributed by atoms with Gasteiger partial charge in [-0.05, 0) is 43.4 Å². The molecule has 0 saturated heterocycles. The van der Waals surface area contributed by atoms with Gasteiger partial charge in [-0.25, -0.2) is 0 Å². The van der Waals surface area contributed by atoms with Gasteiger partial charge < -0.3 is 14.8 Å². The molecule has 1 aliphatic rings. The summed E-state index contributed by atoms with van der Waals surface area (Å²) >= 11 is 0. The first-order chi connectivity index (χ1) is 16.3. The van der Waals surface area contributed by atoms with Crippen LogP contribution in [-0.4, -0.2) is 65.6 Å². The summed E-state index contributed by atoms with van der Waals surface area (Å²) in [5.74, 6) is 0.347. The van der Waals surface area contributed by atoms with E-state index in [4.69, 9.17) is 9.47 Å². The molecule has 0 aliphatic heterocycles. The standard InChI is InChI=1S/C25H35N3O5S/c1-28(17-18-32-2)34(30,31)27-21-13-15-25(16-14-21,20-9-5-4-6-10-20)19-26-24(29)22-11-7-8-12-23(22)33-3/h4-12,21,27H,13-19H2,1-3H3,(H,26,29)/t21-,25-. The molecule has 0 heterocycles. The molecule has 2 aromatic carbocycles. The number of hydrogen-bond donors (Lipinski definition) is 2. The van der Waals surface area contributed by atoms with Gasteiger partial charge in [0, 0.05) is 38.7 Å². The number of amides is 1. The van der Waals surface area contributed by atoms with Crippen LogP contribution in [0.2, 0.25) is 0 Å². The lowest BCUT2D eigenvalue weighted by Crippen LogP contribution is -2.50. The van der Waals surface area contributed by atoms with E-state index in [2.05, 4.69) is 22.2 Å². The number of methoxy groups -OCH3 is 2. The van der Waals surface area contributed by atoms with E-state index in [0.717, 1.165) is 18.4 Å². The third-order valence-corrected chi connectivity index (χ3v) is 8.24. The molecule has 34 heavy (non-hydrogen) atoms. The smallest absolute Gasteiger partial charge is 0.279 e. The SMILES string of the molecule is COCCN(C)S(=O)(=O)N[C@H]1CC[C@](CNC(=O)c2ccccc2OC)(c2ccccc2)CC1. The Morgan fingerprint density at radius 2 is 1.71 bits per heavy atom. The molecular formula is C25H35N3O5S. The Kier molecular flexibility index (Phi) is 9.07. The second-order valence-electron chi connectivity index (χ2n) is 8.74. The van der Waals surface area contributed by atoms with Gasteiger partial charge in [-0.2, -0.15) is 17.4 Å². The molecule has 0 spiro atoms. The Bertz CT molecular complexity index is 1040.